The summed E-state index contributed by atoms with van der Waals surface area (Å²) in [7, 11) is 0. The van der Waals surface area contributed by atoms with E-state index in [1.165, 1.54) is 4.90 Å². The number of carbonyl (C=O) groups is 3. The number of carbonyl (C=O) groups excluding carboxylic acids is 3. The molecule has 1 atom stereocenters. The summed E-state index contributed by atoms with van der Waals surface area (Å²) in [5.74, 6) is -2.83. The summed E-state index contributed by atoms with van der Waals surface area (Å²) >= 11 is 5.18. The molecule has 1 aliphatic rings. The molecule has 0 radical (unpaired) electrons. The van der Waals surface area contributed by atoms with E-state index in [4.69, 9.17) is 12.2 Å². The van der Waals surface area contributed by atoms with E-state index >= 15 is 0 Å². The van der Waals surface area contributed by atoms with Gasteiger partial charge in [-0.25, -0.2) is 5.43 Å². The van der Waals surface area contributed by atoms with Crippen LogP contribution in [0.25, 0.3) is 5.69 Å². The second-order valence-electron chi connectivity index (χ2n) is 8.00. The van der Waals surface area contributed by atoms with Gasteiger partial charge in [-0.3, -0.25) is 19.3 Å². The third-order valence-corrected chi connectivity index (χ3v) is 5.83. The van der Waals surface area contributed by atoms with E-state index in [1.807, 2.05) is 57.2 Å². The minimum atomic E-state index is -1.23. The minimum absolute atomic E-state index is 0.000735. The average Bonchev–Trinajstić information content (AvgIpc) is 3.15. The van der Waals surface area contributed by atoms with Crippen molar-refractivity contribution in [2.24, 2.45) is 11.0 Å². The van der Waals surface area contributed by atoms with Gasteiger partial charge in [0.15, 0.2) is 11.0 Å². The maximum Gasteiger partial charge on any atom is 0.271 e. The minimum Gasteiger partial charge on any atom is -0.319 e. The van der Waals surface area contributed by atoms with Crippen molar-refractivity contribution in [3.8, 4) is 5.69 Å². The van der Waals surface area contributed by atoms with Crippen molar-refractivity contribution >= 4 is 47.0 Å². The maximum atomic E-state index is 13.0. The molecule has 4 rings (SSSR count). The van der Waals surface area contributed by atoms with Crippen molar-refractivity contribution in [3.63, 3.8) is 0 Å². The number of aryl methyl sites for hydroxylation is 3. The van der Waals surface area contributed by atoms with Crippen LogP contribution < -0.4 is 15.6 Å². The molecule has 8 nitrogen and oxygen atoms in total. The number of anilines is 1. The molecule has 0 bridgehead atoms. The van der Waals surface area contributed by atoms with Gasteiger partial charge in [0.2, 0.25) is 5.91 Å². The van der Waals surface area contributed by atoms with Gasteiger partial charge in [0.1, 0.15) is 0 Å². The predicted octanol–water partition coefficient (Wildman–Crippen LogP) is 3.18. The van der Waals surface area contributed by atoms with Crippen molar-refractivity contribution in [1.82, 2.24) is 15.3 Å². The summed E-state index contributed by atoms with van der Waals surface area (Å²) in [6.45, 7) is 5.95. The molecule has 2 N–H and O–H groups in total. The Labute approximate surface area is 202 Å². The molecular weight excluding hydrogens is 450 g/mol. The standard InChI is InChI=1S/C25H23N5O3S/c1-15-4-10-20(11-5-15)30-24(33)21(23(32)27-25(30)34)14-26-28-22(31)18-8-12-19(13-9-18)29-16(2)6-7-17(29)3/h4-14,21H,1-3H3,(H,28,31)(H,27,32,34)/b26-14+/t21-/m0/s1. The van der Waals surface area contributed by atoms with E-state index < -0.39 is 23.6 Å². The zero-order valence-corrected chi connectivity index (χ0v) is 19.7. The largest absolute Gasteiger partial charge is 0.319 e. The highest BCUT2D eigenvalue weighted by molar-refractivity contribution is 7.80. The molecule has 0 aliphatic carbocycles. The van der Waals surface area contributed by atoms with Crippen molar-refractivity contribution in [2.75, 3.05) is 4.90 Å². The maximum absolute atomic E-state index is 13.0. The SMILES string of the molecule is Cc1ccc(N2C(=O)[C@@H](/C=N/NC(=O)c3ccc(-n4c(C)ccc4C)cc3)C(=O)NC2=S)cc1. The number of nitrogens with one attached hydrogen (secondary N) is 2. The molecule has 1 aliphatic heterocycles. The summed E-state index contributed by atoms with van der Waals surface area (Å²) in [4.78, 5) is 39.0. The van der Waals surface area contributed by atoms with Gasteiger partial charge in [-0.15, -0.1) is 0 Å². The average molecular weight is 474 g/mol. The second kappa shape index (κ2) is 9.40. The summed E-state index contributed by atoms with van der Waals surface area (Å²) in [6, 6.07) is 18.3. The second-order valence-corrected chi connectivity index (χ2v) is 8.39. The first-order valence-corrected chi connectivity index (χ1v) is 11.0. The number of amides is 3. The van der Waals surface area contributed by atoms with E-state index in [0.29, 0.717) is 11.3 Å². The molecule has 0 spiro atoms. The van der Waals surface area contributed by atoms with Gasteiger partial charge in [0.25, 0.3) is 11.8 Å². The van der Waals surface area contributed by atoms with Gasteiger partial charge in [0, 0.05) is 28.9 Å². The highest BCUT2D eigenvalue weighted by atomic mass is 32.1. The molecule has 3 aromatic rings. The quantitative estimate of drug-likeness (QED) is 0.258. The fraction of sp³-hybridized carbons (Fsp3) is 0.160. The van der Waals surface area contributed by atoms with Crippen LogP contribution in [0.4, 0.5) is 5.69 Å². The first-order valence-electron chi connectivity index (χ1n) is 10.6. The summed E-state index contributed by atoms with van der Waals surface area (Å²) in [5, 5.41) is 6.37. The number of hydrazone groups is 1. The van der Waals surface area contributed by atoms with E-state index in [1.54, 1.807) is 24.3 Å². The Balaban J connectivity index is 1.45. The molecular formula is C25H23N5O3S. The number of hydrogen-bond acceptors (Lipinski definition) is 5. The van der Waals surface area contributed by atoms with Crippen LogP contribution in [-0.2, 0) is 9.59 Å². The Morgan fingerprint density at radius 3 is 2.15 bits per heavy atom. The Kier molecular flexibility index (Phi) is 6.38. The van der Waals surface area contributed by atoms with Crippen LogP contribution in [0.5, 0.6) is 0 Å². The van der Waals surface area contributed by atoms with Crippen molar-refractivity contribution < 1.29 is 14.4 Å². The molecule has 2 heterocycles. The summed E-state index contributed by atoms with van der Waals surface area (Å²) < 4.78 is 2.08. The van der Waals surface area contributed by atoms with Gasteiger partial charge >= 0.3 is 0 Å². The molecule has 0 saturated carbocycles. The van der Waals surface area contributed by atoms with E-state index in [0.717, 1.165) is 28.9 Å². The number of aromatic nitrogens is 1. The third kappa shape index (κ3) is 4.51. The number of thiocarbonyl (C=S) groups is 1. The molecule has 2 aromatic carbocycles. The van der Waals surface area contributed by atoms with Crippen LogP contribution in [0.15, 0.2) is 65.8 Å². The Bertz CT molecular complexity index is 1290. The highest BCUT2D eigenvalue weighted by Gasteiger charge is 2.38. The number of rotatable bonds is 5. The molecule has 172 valence electrons. The number of benzene rings is 2. The Morgan fingerprint density at radius 2 is 1.53 bits per heavy atom. The van der Waals surface area contributed by atoms with Crippen LogP contribution in [-0.4, -0.2) is 33.6 Å². The van der Waals surface area contributed by atoms with Crippen LogP contribution in [0.3, 0.4) is 0 Å². The molecule has 1 fully saturated rings. The van der Waals surface area contributed by atoms with Gasteiger partial charge in [-0.05, 0) is 81.5 Å². The summed E-state index contributed by atoms with van der Waals surface area (Å²) in [5.41, 5.74) is 7.46. The Morgan fingerprint density at radius 1 is 0.941 bits per heavy atom. The number of hydrogen-bond donors (Lipinski definition) is 2. The lowest BCUT2D eigenvalue weighted by atomic mass is 10.1. The lowest BCUT2D eigenvalue weighted by Crippen LogP contribution is -2.58. The third-order valence-electron chi connectivity index (χ3n) is 5.54. The van der Waals surface area contributed by atoms with Crippen LogP contribution in [0, 0.1) is 26.7 Å². The summed E-state index contributed by atoms with van der Waals surface area (Å²) in [6.07, 6.45) is 1.11. The monoisotopic (exact) mass is 473 g/mol. The predicted molar refractivity (Wildman–Crippen MR) is 134 cm³/mol. The zero-order valence-electron chi connectivity index (χ0n) is 18.9. The molecule has 3 amide bonds. The first kappa shape index (κ1) is 23.1. The highest BCUT2D eigenvalue weighted by Crippen LogP contribution is 2.21. The molecule has 9 heteroatoms. The van der Waals surface area contributed by atoms with Crippen LogP contribution in [0.2, 0.25) is 0 Å². The molecule has 1 aromatic heterocycles. The smallest absolute Gasteiger partial charge is 0.271 e. The fourth-order valence-electron chi connectivity index (χ4n) is 3.73. The van der Waals surface area contributed by atoms with E-state index in [2.05, 4.69) is 20.4 Å². The molecule has 1 saturated heterocycles. The molecule has 34 heavy (non-hydrogen) atoms. The van der Waals surface area contributed by atoms with Crippen LogP contribution >= 0.6 is 12.2 Å². The normalized spacial score (nSPS) is 16.1. The lowest BCUT2D eigenvalue weighted by Gasteiger charge is -2.30. The van der Waals surface area contributed by atoms with Gasteiger partial charge in [-0.1, -0.05) is 17.7 Å². The zero-order chi connectivity index (χ0) is 24.4. The van der Waals surface area contributed by atoms with Crippen LogP contribution in [0.1, 0.15) is 27.3 Å². The molecule has 0 unspecified atom stereocenters. The van der Waals surface area contributed by atoms with Crippen molar-refractivity contribution in [2.45, 2.75) is 20.8 Å². The fourth-order valence-corrected chi connectivity index (χ4v) is 4.03. The lowest BCUT2D eigenvalue weighted by molar-refractivity contribution is -0.130. The van der Waals surface area contributed by atoms with E-state index in [-0.39, 0.29) is 5.11 Å². The topological polar surface area (TPSA) is 95.8 Å². The Hall–Kier alpha value is -4.11. The van der Waals surface area contributed by atoms with Crippen molar-refractivity contribution in [3.05, 3.63) is 83.2 Å². The van der Waals surface area contributed by atoms with Gasteiger partial charge in [-0.2, -0.15) is 5.10 Å². The van der Waals surface area contributed by atoms with Gasteiger partial charge < -0.3 is 9.88 Å². The number of nitrogens with zero attached hydrogens (tertiary/aromatic N) is 3. The van der Waals surface area contributed by atoms with E-state index in [9.17, 15) is 14.4 Å². The first-order chi connectivity index (χ1) is 16.3. The van der Waals surface area contributed by atoms with Gasteiger partial charge in [0.05, 0.1) is 5.69 Å². The van der Waals surface area contributed by atoms with Crippen molar-refractivity contribution in [1.29, 1.82) is 0 Å².